The number of carbonyl (C=O) groups excluding carboxylic acids is 1. The van der Waals surface area contributed by atoms with Crippen LogP contribution in [0.5, 0.6) is 0 Å². The Morgan fingerprint density at radius 2 is 1.81 bits per heavy atom. The Hall–Kier alpha value is -2.94. The molecule has 26 heavy (non-hydrogen) atoms. The van der Waals surface area contributed by atoms with Gasteiger partial charge in [0.15, 0.2) is 0 Å². The molecule has 1 amide bonds. The van der Waals surface area contributed by atoms with Crippen molar-refractivity contribution in [3.05, 3.63) is 59.1 Å². The average Bonchev–Trinajstić information content (AvgIpc) is 3.03. The van der Waals surface area contributed by atoms with Crippen LogP contribution in [0.2, 0.25) is 5.02 Å². The predicted molar refractivity (Wildman–Crippen MR) is 88.3 cm³/mol. The monoisotopic (exact) mass is 381 g/mol. The molecule has 0 aliphatic heterocycles. The fourth-order valence-corrected chi connectivity index (χ4v) is 2.35. The number of aromatic nitrogens is 4. The molecule has 0 unspecified atom stereocenters. The third kappa shape index (κ3) is 4.17. The Morgan fingerprint density at radius 3 is 2.46 bits per heavy atom. The minimum absolute atomic E-state index is 0.231. The van der Waals surface area contributed by atoms with E-state index in [2.05, 4.69) is 20.7 Å². The number of hydrogen-bond donors (Lipinski definition) is 1. The smallest absolute Gasteiger partial charge is 0.324 e. The van der Waals surface area contributed by atoms with Gasteiger partial charge in [-0.1, -0.05) is 23.7 Å². The maximum absolute atomic E-state index is 12.5. The molecular weight excluding hydrogens is 371 g/mol. The third-order valence-corrected chi connectivity index (χ3v) is 3.68. The van der Waals surface area contributed by atoms with Crippen LogP contribution >= 0.6 is 11.6 Å². The zero-order valence-electron chi connectivity index (χ0n) is 13.0. The molecule has 6 nitrogen and oxygen atoms in total. The molecule has 0 spiro atoms. The Morgan fingerprint density at radius 1 is 1.12 bits per heavy atom. The van der Waals surface area contributed by atoms with Crippen molar-refractivity contribution in [1.82, 2.24) is 20.2 Å². The summed E-state index contributed by atoms with van der Waals surface area (Å²) in [6.45, 7) is -0.252. The first-order valence-electron chi connectivity index (χ1n) is 7.33. The van der Waals surface area contributed by atoms with E-state index in [9.17, 15) is 18.0 Å². The van der Waals surface area contributed by atoms with E-state index >= 15 is 0 Å². The number of anilines is 1. The van der Waals surface area contributed by atoms with Gasteiger partial charge in [0.05, 0.1) is 10.6 Å². The molecule has 0 fully saturated rings. The lowest BCUT2D eigenvalue weighted by molar-refractivity contribution is -0.137. The first kappa shape index (κ1) is 17.9. The predicted octanol–water partition coefficient (Wildman–Crippen LogP) is 3.65. The van der Waals surface area contributed by atoms with Crippen molar-refractivity contribution in [3.63, 3.8) is 0 Å². The lowest BCUT2D eigenvalue weighted by Gasteiger charge is -2.08. The van der Waals surface area contributed by atoms with Crippen LogP contribution in [0.15, 0.2) is 48.5 Å². The molecule has 1 aromatic heterocycles. The third-order valence-electron chi connectivity index (χ3n) is 3.35. The molecule has 0 saturated heterocycles. The fraction of sp³-hybridized carbons (Fsp3) is 0.125. The Labute approximate surface area is 150 Å². The van der Waals surface area contributed by atoms with Crippen LogP contribution in [0.4, 0.5) is 18.9 Å². The van der Waals surface area contributed by atoms with Crippen LogP contribution in [0.25, 0.3) is 11.4 Å². The summed E-state index contributed by atoms with van der Waals surface area (Å²) in [5.74, 6) is -0.245. The second-order valence-corrected chi connectivity index (χ2v) is 5.65. The molecule has 1 N–H and O–H groups in total. The van der Waals surface area contributed by atoms with Gasteiger partial charge in [-0.2, -0.15) is 18.0 Å². The summed E-state index contributed by atoms with van der Waals surface area (Å²) in [6, 6.07) is 11.0. The topological polar surface area (TPSA) is 72.7 Å². The molecule has 0 aliphatic rings. The van der Waals surface area contributed by atoms with Crippen LogP contribution in [-0.2, 0) is 17.5 Å². The number of nitrogens with zero attached hydrogens (tertiary/aromatic N) is 4. The number of halogens is 4. The van der Waals surface area contributed by atoms with E-state index in [1.54, 1.807) is 24.3 Å². The SMILES string of the molecule is O=C(Cn1nnc(-c2ccccc2Cl)n1)Nc1ccc(C(F)(F)F)cc1. The molecule has 134 valence electrons. The molecule has 1 heterocycles. The highest BCUT2D eigenvalue weighted by atomic mass is 35.5. The van der Waals surface area contributed by atoms with Crippen molar-refractivity contribution in [2.75, 3.05) is 5.32 Å². The number of carbonyl (C=O) groups is 1. The molecule has 10 heteroatoms. The number of hydrogen-bond acceptors (Lipinski definition) is 4. The Balaban J connectivity index is 1.65. The number of amides is 1. The van der Waals surface area contributed by atoms with Gasteiger partial charge in [0.2, 0.25) is 11.7 Å². The Bertz CT molecular complexity index is 924. The molecular formula is C16H11ClF3N5O. The van der Waals surface area contributed by atoms with Gasteiger partial charge < -0.3 is 5.32 Å². The van der Waals surface area contributed by atoms with Crippen molar-refractivity contribution in [2.45, 2.75) is 12.7 Å². The molecule has 3 rings (SSSR count). The summed E-state index contributed by atoms with van der Waals surface area (Å²) in [5.41, 5.74) is 0.0100. The van der Waals surface area contributed by atoms with Crippen molar-refractivity contribution in [3.8, 4) is 11.4 Å². The van der Waals surface area contributed by atoms with Crippen molar-refractivity contribution < 1.29 is 18.0 Å². The fourth-order valence-electron chi connectivity index (χ4n) is 2.13. The van der Waals surface area contributed by atoms with Gasteiger partial charge >= 0.3 is 6.18 Å². The Kier molecular flexibility index (Phi) is 4.90. The molecule has 0 radical (unpaired) electrons. The summed E-state index contributed by atoms with van der Waals surface area (Å²) in [6.07, 6.45) is -4.43. The van der Waals surface area contributed by atoms with E-state index in [4.69, 9.17) is 11.6 Å². The van der Waals surface area contributed by atoms with Gasteiger partial charge in [0, 0.05) is 11.3 Å². The molecule has 2 aromatic carbocycles. The second kappa shape index (κ2) is 7.12. The van der Waals surface area contributed by atoms with E-state index in [-0.39, 0.29) is 18.1 Å². The molecule has 0 atom stereocenters. The second-order valence-electron chi connectivity index (χ2n) is 5.25. The van der Waals surface area contributed by atoms with Gasteiger partial charge in [-0.25, -0.2) is 0 Å². The van der Waals surface area contributed by atoms with E-state index in [1.807, 2.05) is 0 Å². The van der Waals surface area contributed by atoms with E-state index in [0.29, 0.717) is 10.6 Å². The standard InChI is InChI=1S/C16H11ClF3N5O/c17-13-4-2-1-3-12(13)15-22-24-25(23-15)9-14(26)21-11-7-5-10(6-8-11)16(18,19)20/h1-8H,9H2,(H,21,26). The van der Waals surface area contributed by atoms with Crippen LogP contribution < -0.4 is 5.32 Å². The largest absolute Gasteiger partial charge is 0.416 e. The number of benzene rings is 2. The number of alkyl halides is 3. The van der Waals surface area contributed by atoms with Crippen LogP contribution in [0.1, 0.15) is 5.56 Å². The minimum Gasteiger partial charge on any atom is -0.324 e. The van der Waals surface area contributed by atoms with Crippen LogP contribution in [0, 0.1) is 0 Å². The van der Waals surface area contributed by atoms with Crippen molar-refractivity contribution in [1.29, 1.82) is 0 Å². The maximum Gasteiger partial charge on any atom is 0.416 e. The number of rotatable bonds is 4. The van der Waals surface area contributed by atoms with Gasteiger partial charge in [-0.15, -0.1) is 10.2 Å². The van der Waals surface area contributed by atoms with Gasteiger partial charge in [-0.3, -0.25) is 4.79 Å². The van der Waals surface area contributed by atoms with Gasteiger partial charge in [0.25, 0.3) is 0 Å². The van der Waals surface area contributed by atoms with Crippen LogP contribution in [-0.4, -0.2) is 26.1 Å². The quantitative estimate of drug-likeness (QED) is 0.748. The summed E-state index contributed by atoms with van der Waals surface area (Å²) in [4.78, 5) is 13.1. The lowest BCUT2D eigenvalue weighted by Crippen LogP contribution is -2.20. The zero-order chi connectivity index (χ0) is 18.7. The minimum atomic E-state index is -4.43. The summed E-state index contributed by atoms with van der Waals surface area (Å²) in [5, 5.41) is 14.6. The zero-order valence-corrected chi connectivity index (χ0v) is 13.8. The molecule has 0 bridgehead atoms. The lowest BCUT2D eigenvalue weighted by atomic mass is 10.2. The summed E-state index contributed by atoms with van der Waals surface area (Å²) < 4.78 is 37.6. The first-order chi connectivity index (χ1) is 12.3. The van der Waals surface area contributed by atoms with E-state index in [0.717, 1.165) is 16.9 Å². The van der Waals surface area contributed by atoms with Crippen molar-refractivity contribution >= 4 is 23.2 Å². The van der Waals surface area contributed by atoms with Crippen LogP contribution in [0.3, 0.4) is 0 Å². The summed E-state index contributed by atoms with van der Waals surface area (Å²) >= 11 is 6.05. The summed E-state index contributed by atoms with van der Waals surface area (Å²) in [7, 11) is 0. The molecule has 0 aliphatic carbocycles. The van der Waals surface area contributed by atoms with Gasteiger partial charge in [-0.05, 0) is 41.6 Å². The molecule has 0 saturated carbocycles. The molecule has 3 aromatic rings. The van der Waals surface area contributed by atoms with E-state index < -0.39 is 17.6 Å². The highest BCUT2D eigenvalue weighted by molar-refractivity contribution is 6.33. The van der Waals surface area contributed by atoms with Crippen molar-refractivity contribution in [2.24, 2.45) is 0 Å². The first-order valence-corrected chi connectivity index (χ1v) is 7.70. The van der Waals surface area contributed by atoms with E-state index in [1.165, 1.54) is 12.1 Å². The van der Waals surface area contributed by atoms with Gasteiger partial charge in [0.1, 0.15) is 6.54 Å². The highest BCUT2D eigenvalue weighted by Gasteiger charge is 2.30. The average molecular weight is 382 g/mol. The number of nitrogens with one attached hydrogen (secondary N) is 1. The number of tetrazole rings is 1. The normalized spacial score (nSPS) is 11.4. The highest BCUT2D eigenvalue weighted by Crippen LogP contribution is 2.29. The maximum atomic E-state index is 12.5.